The Morgan fingerprint density at radius 3 is 2.28 bits per heavy atom. The monoisotopic (exact) mass is 257 g/mol. The molecule has 2 atom stereocenters. The van der Waals surface area contributed by atoms with Crippen LogP contribution >= 0.6 is 0 Å². The number of halogens is 2. The Labute approximate surface area is 107 Å². The number of rotatable bonds is 6. The molecule has 1 aromatic carbocycles. The Balaban J connectivity index is 2.67. The van der Waals surface area contributed by atoms with Crippen LogP contribution in [0.25, 0.3) is 0 Å². The lowest BCUT2D eigenvalue weighted by atomic mass is 10.1. The molecule has 1 rings (SSSR count). The van der Waals surface area contributed by atoms with Crippen molar-refractivity contribution in [3.05, 3.63) is 35.4 Å². The van der Waals surface area contributed by atoms with Crippen molar-refractivity contribution < 1.29 is 13.9 Å². The Kier molecular flexibility index (Phi) is 5.69. The third-order valence-electron chi connectivity index (χ3n) is 3.14. The minimum absolute atomic E-state index is 0.224. The predicted octanol–water partition coefficient (Wildman–Crippen LogP) is 2.98. The van der Waals surface area contributed by atoms with Gasteiger partial charge in [-0.05, 0) is 25.1 Å². The van der Waals surface area contributed by atoms with Crippen molar-refractivity contribution in [3.8, 4) is 0 Å². The van der Waals surface area contributed by atoms with Crippen LogP contribution in [0.2, 0.25) is 0 Å². The average Bonchev–Trinajstić information content (AvgIpc) is 2.28. The molecule has 0 aliphatic heterocycles. The molecule has 0 aliphatic carbocycles. The lowest BCUT2D eigenvalue weighted by Gasteiger charge is -2.23. The molecule has 0 fully saturated rings. The van der Waals surface area contributed by atoms with Gasteiger partial charge >= 0.3 is 0 Å². The fourth-order valence-corrected chi connectivity index (χ4v) is 1.95. The smallest absolute Gasteiger partial charge is 0.131 e. The molecular formula is C14H21F2NO. The summed E-state index contributed by atoms with van der Waals surface area (Å²) in [6.45, 7) is 5.21. The van der Waals surface area contributed by atoms with Crippen molar-refractivity contribution in [1.29, 1.82) is 0 Å². The van der Waals surface area contributed by atoms with Crippen LogP contribution in [0.5, 0.6) is 0 Å². The van der Waals surface area contributed by atoms with E-state index in [1.165, 1.54) is 6.07 Å². The van der Waals surface area contributed by atoms with E-state index in [2.05, 4.69) is 13.8 Å². The van der Waals surface area contributed by atoms with Gasteiger partial charge in [0, 0.05) is 13.1 Å². The Hall–Kier alpha value is -1.00. The first-order valence-electron chi connectivity index (χ1n) is 6.26. The molecule has 4 heteroatoms. The van der Waals surface area contributed by atoms with Crippen molar-refractivity contribution in [3.63, 3.8) is 0 Å². The van der Waals surface area contributed by atoms with Crippen LogP contribution in [0.4, 0.5) is 8.78 Å². The number of benzene rings is 1. The van der Waals surface area contributed by atoms with Gasteiger partial charge in [-0.3, -0.25) is 0 Å². The zero-order valence-corrected chi connectivity index (χ0v) is 11.2. The van der Waals surface area contributed by atoms with E-state index in [4.69, 9.17) is 0 Å². The van der Waals surface area contributed by atoms with Gasteiger partial charge in [0.15, 0.2) is 0 Å². The highest BCUT2D eigenvalue weighted by atomic mass is 19.1. The van der Waals surface area contributed by atoms with E-state index in [0.717, 1.165) is 25.1 Å². The van der Waals surface area contributed by atoms with E-state index in [0.29, 0.717) is 5.92 Å². The van der Waals surface area contributed by atoms with Gasteiger partial charge in [-0.15, -0.1) is 0 Å². The van der Waals surface area contributed by atoms with Gasteiger partial charge in [0.25, 0.3) is 0 Å². The fourth-order valence-electron chi connectivity index (χ4n) is 1.95. The molecule has 18 heavy (non-hydrogen) atoms. The number of aliphatic hydroxyl groups excluding tert-OH is 1. The maximum absolute atomic E-state index is 13.5. The maximum Gasteiger partial charge on any atom is 0.131 e. The van der Waals surface area contributed by atoms with Gasteiger partial charge in [-0.1, -0.05) is 26.3 Å². The number of nitrogens with zero attached hydrogens (tertiary/aromatic N) is 1. The molecule has 0 radical (unpaired) electrons. The summed E-state index contributed by atoms with van der Waals surface area (Å²) in [5.41, 5.74) is -0.242. The van der Waals surface area contributed by atoms with E-state index in [1.54, 1.807) is 0 Å². The van der Waals surface area contributed by atoms with E-state index in [-0.39, 0.29) is 12.1 Å². The largest absolute Gasteiger partial charge is 0.387 e. The lowest BCUT2D eigenvalue weighted by molar-refractivity contribution is 0.112. The molecule has 0 bridgehead atoms. The van der Waals surface area contributed by atoms with Crippen molar-refractivity contribution in [1.82, 2.24) is 4.90 Å². The Bertz CT molecular complexity index is 364. The summed E-state index contributed by atoms with van der Waals surface area (Å²) < 4.78 is 26.9. The van der Waals surface area contributed by atoms with Crippen molar-refractivity contribution in [2.24, 2.45) is 5.92 Å². The Morgan fingerprint density at radius 1 is 1.22 bits per heavy atom. The van der Waals surface area contributed by atoms with Gasteiger partial charge in [0.1, 0.15) is 11.6 Å². The van der Waals surface area contributed by atoms with Gasteiger partial charge < -0.3 is 10.0 Å². The highest BCUT2D eigenvalue weighted by molar-refractivity contribution is 5.22. The van der Waals surface area contributed by atoms with Crippen LogP contribution in [-0.2, 0) is 0 Å². The minimum Gasteiger partial charge on any atom is -0.387 e. The first-order chi connectivity index (χ1) is 8.45. The van der Waals surface area contributed by atoms with Gasteiger partial charge in [0.05, 0.1) is 11.7 Å². The second-order valence-corrected chi connectivity index (χ2v) is 4.89. The van der Waals surface area contributed by atoms with E-state index >= 15 is 0 Å². The van der Waals surface area contributed by atoms with E-state index < -0.39 is 17.7 Å². The van der Waals surface area contributed by atoms with Gasteiger partial charge in [-0.25, -0.2) is 8.78 Å². The van der Waals surface area contributed by atoms with E-state index in [9.17, 15) is 13.9 Å². The highest BCUT2D eigenvalue weighted by Crippen LogP contribution is 2.21. The number of hydrogen-bond acceptors (Lipinski definition) is 2. The first-order valence-corrected chi connectivity index (χ1v) is 6.26. The van der Waals surface area contributed by atoms with Crippen LogP contribution in [0.3, 0.4) is 0 Å². The minimum atomic E-state index is -1.14. The molecule has 0 aliphatic rings. The molecule has 0 saturated carbocycles. The number of aliphatic hydroxyl groups is 1. The van der Waals surface area contributed by atoms with Crippen molar-refractivity contribution >= 4 is 0 Å². The van der Waals surface area contributed by atoms with Crippen LogP contribution in [0.1, 0.15) is 31.9 Å². The summed E-state index contributed by atoms with van der Waals surface area (Å²) in [7, 11) is 1.84. The molecule has 0 saturated heterocycles. The second kappa shape index (κ2) is 6.81. The zero-order valence-electron chi connectivity index (χ0n) is 11.2. The summed E-state index contributed by atoms with van der Waals surface area (Å²) in [6.07, 6.45) is -0.102. The topological polar surface area (TPSA) is 23.5 Å². The van der Waals surface area contributed by atoms with Gasteiger partial charge in [-0.2, -0.15) is 0 Å². The molecule has 0 heterocycles. The molecule has 0 aromatic heterocycles. The Morgan fingerprint density at radius 2 is 1.78 bits per heavy atom. The number of likely N-dealkylation sites (N-methyl/N-ethyl adjacent to an activating group) is 1. The molecule has 0 spiro atoms. The maximum atomic E-state index is 13.5. The molecule has 2 nitrogen and oxygen atoms in total. The molecule has 1 aromatic rings. The van der Waals surface area contributed by atoms with Crippen LogP contribution < -0.4 is 0 Å². The lowest BCUT2D eigenvalue weighted by Crippen LogP contribution is -2.29. The van der Waals surface area contributed by atoms with Crippen LogP contribution in [0.15, 0.2) is 18.2 Å². The van der Waals surface area contributed by atoms with Gasteiger partial charge in [0.2, 0.25) is 0 Å². The van der Waals surface area contributed by atoms with E-state index in [1.807, 2.05) is 11.9 Å². The first kappa shape index (κ1) is 15.1. The summed E-state index contributed by atoms with van der Waals surface area (Å²) in [6, 6.07) is 3.62. The summed E-state index contributed by atoms with van der Waals surface area (Å²) in [5.74, 6) is -0.897. The second-order valence-electron chi connectivity index (χ2n) is 4.89. The molecular weight excluding hydrogens is 236 g/mol. The fraction of sp³-hybridized carbons (Fsp3) is 0.571. The summed E-state index contributed by atoms with van der Waals surface area (Å²) >= 11 is 0. The van der Waals surface area contributed by atoms with Crippen molar-refractivity contribution in [2.75, 3.05) is 20.1 Å². The third kappa shape index (κ3) is 4.03. The summed E-state index contributed by atoms with van der Waals surface area (Å²) in [5, 5.41) is 9.92. The van der Waals surface area contributed by atoms with Crippen LogP contribution in [-0.4, -0.2) is 30.1 Å². The molecule has 102 valence electrons. The predicted molar refractivity (Wildman–Crippen MR) is 68.3 cm³/mol. The molecule has 0 amide bonds. The third-order valence-corrected chi connectivity index (χ3v) is 3.14. The normalized spacial score (nSPS) is 14.8. The quantitative estimate of drug-likeness (QED) is 0.847. The zero-order chi connectivity index (χ0) is 13.7. The molecule has 1 N–H and O–H groups in total. The SMILES string of the molecule is CCC(C)CN(C)CC(O)c1c(F)cccc1F. The standard InChI is InChI=1S/C14H21F2NO/c1-4-10(2)8-17(3)9-13(18)14-11(15)6-5-7-12(14)16/h5-7,10,13,18H,4,8-9H2,1-3H3. The molecule has 2 unspecified atom stereocenters. The summed E-state index contributed by atoms with van der Waals surface area (Å²) in [4.78, 5) is 1.89. The van der Waals surface area contributed by atoms with Crippen LogP contribution in [0, 0.1) is 17.6 Å². The highest BCUT2D eigenvalue weighted by Gasteiger charge is 2.19. The average molecular weight is 257 g/mol. The number of hydrogen-bond donors (Lipinski definition) is 1. The van der Waals surface area contributed by atoms with Crippen molar-refractivity contribution in [2.45, 2.75) is 26.4 Å².